The predicted octanol–water partition coefficient (Wildman–Crippen LogP) is 4.42. The van der Waals surface area contributed by atoms with Crippen molar-refractivity contribution in [2.75, 3.05) is 22.5 Å². The zero-order valence-corrected chi connectivity index (χ0v) is 18.5. The maximum Gasteiger partial charge on any atom is 0.323 e. The second kappa shape index (κ2) is 10.1. The standard InChI is InChI=1S/C23H22ClN7O2/c1-15(32)14-27-22-26-9-8-20(30-22)31-11-10-25-21(31)16-4-2-6-18(12-16)28-23(33)29-19-7-3-5-17(24)13-19/h2-13,15,32H,14H2,1H3,(H,26,27,30)(H2,28,29,33). The molecule has 1 atom stereocenters. The average Bonchev–Trinajstić information content (AvgIpc) is 3.28. The van der Waals surface area contributed by atoms with E-state index in [0.29, 0.717) is 40.5 Å². The molecule has 33 heavy (non-hydrogen) atoms. The van der Waals surface area contributed by atoms with Crippen molar-refractivity contribution in [1.82, 2.24) is 19.5 Å². The van der Waals surface area contributed by atoms with E-state index < -0.39 is 6.10 Å². The number of halogens is 1. The number of hydrogen-bond acceptors (Lipinski definition) is 6. The fourth-order valence-corrected chi connectivity index (χ4v) is 3.30. The van der Waals surface area contributed by atoms with Crippen molar-refractivity contribution >= 4 is 35.0 Å². The van der Waals surface area contributed by atoms with Crippen LogP contribution in [0.4, 0.5) is 22.1 Å². The lowest BCUT2D eigenvalue weighted by Crippen LogP contribution is -2.19. The average molecular weight is 464 g/mol. The van der Waals surface area contributed by atoms with Crippen molar-refractivity contribution < 1.29 is 9.90 Å². The van der Waals surface area contributed by atoms with E-state index in [9.17, 15) is 9.90 Å². The molecule has 4 N–H and O–H groups in total. The molecule has 168 valence electrons. The van der Waals surface area contributed by atoms with Gasteiger partial charge in [0.05, 0.1) is 6.10 Å². The minimum absolute atomic E-state index is 0.338. The Morgan fingerprint density at radius 2 is 1.82 bits per heavy atom. The minimum Gasteiger partial charge on any atom is -0.392 e. The molecule has 0 bridgehead atoms. The molecule has 0 saturated heterocycles. The second-order valence-electron chi connectivity index (χ2n) is 7.26. The molecule has 0 spiro atoms. The normalized spacial score (nSPS) is 11.6. The van der Waals surface area contributed by atoms with Gasteiger partial charge in [-0.25, -0.2) is 14.8 Å². The van der Waals surface area contributed by atoms with Crippen LogP contribution in [0, 0.1) is 0 Å². The number of aromatic nitrogens is 4. The molecule has 0 radical (unpaired) electrons. The van der Waals surface area contributed by atoms with Gasteiger partial charge in [-0.15, -0.1) is 0 Å². The van der Waals surface area contributed by atoms with Crippen LogP contribution in [0.2, 0.25) is 5.02 Å². The zero-order valence-electron chi connectivity index (χ0n) is 17.7. The number of nitrogens with zero attached hydrogens (tertiary/aromatic N) is 4. The number of imidazole rings is 1. The van der Waals surface area contributed by atoms with Gasteiger partial charge in [0.2, 0.25) is 5.95 Å². The summed E-state index contributed by atoms with van der Waals surface area (Å²) in [5.74, 6) is 1.66. The van der Waals surface area contributed by atoms with Gasteiger partial charge in [0.15, 0.2) is 0 Å². The van der Waals surface area contributed by atoms with E-state index in [4.69, 9.17) is 11.6 Å². The summed E-state index contributed by atoms with van der Waals surface area (Å²) < 4.78 is 1.82. The molecule has 0 saturated carbocycles. The molecule has 2 heterocycles. The van der Waals surface area contributed by atoms with Crippen LogP contribution >= 0.6 is 11.6 Å². The van der Waals surface area contributed by atoms with Crippen LogP contribution in [-0.2, 0) is 0 Å². The van der Waals surface area contributed by atoms with Crippen LogP contribution in [0.3, 0.4) is 0 Å². The first-order chi connectivity index (χ1) is 16.0. The molecule has 4 aromatic rings. The first-order valence-corrected chi connectivity index (χ1v) is 10.6. The van der Waals surface area contributed by atoms with Gasteiger partial charge in [0.25, 0.3) is 0 Å². The lowest BCUT2D eigenvalue weighted by atomic mass is 10.2. The van der Waals surface area contributed by atoms with Crippen LogP contribution < -0.4 is 16.0 Å². The molecule has 4 rings (SSSR count). The number of aliphatic hydroxyl groups is 1. The van der Waals surface area contributed by atoms with Gasteiger partial charge in [-0.1, -0.05) is 29.8 Å². The topological polar surface area (TPSA) is 117 Å². The van der Waals surface area contributed by atoms with E-state index in [-0.39, 0.29) is 6.03 Å². The lowest BCUT2D eigenvalue weighted by molar-refractivity contribution is 0.208. The number of amides is 2. The Bertz CT molecular complexity index is 1260. The molecule has 2 aromatic heterocycles. The molecule has 2 amide bonds. The molecule has 1 unspecified atom stereocenters. The van der Waals surface area contributed by atoms with Crippen LogP contribution in [0.25, 0.3) is 17.2 Å². The lowest BCUT2D eigenvalue weighted by Gasteiger charge is -2.12. The van der Waals surface area contributed by atoms with E-state index in [1.54, 1.807) is 61.9 Å². The Hall–Kier alpha value is -3.95. The number of hydrogen-bond donors (Lipinski definition) is 4. The van der Waals surface area contributed by atoms with Crippen molar-refractivity contribution in [3.63, 3.8) is 0 Å². The van der Waals surface area contributed by atoms with E-state index >= 15 is 0 Å². The Morgan fingerprint density at radius 1 is 1.06 bits per heavy atom. The Labute approximate surface area is 195 Å². The first-order valence-electron chi connectivity index (χ1n) is 10.2. The fraction of sp³-hybridized carbons (Fsp3) is 0.130. The Kier molecular flexibility index (Phi) is 6.82. The third-order valence-corrected chi connectivity index (χ3v) is 4.78. The summed E-state index contributed by atoms with van der Waals surface area (Å²) in [4.78, 5) is 25.5. The van der Waals surface area contributed by atoms with Crippen LogP contribution in [0.1, 0.15) is 6.92 Å². The number of carbonyl (C=O) groups excluding carboxylic acids is 1. The highest BCUT2D eigenvalue weighted by atomic mass is 35.5. The summed E-state index contributed by atoms with van der Waals surface area (Å²) in [5.41, 5.74) is 1.98. The monoisotopic (exact) mass is 463 g/mol. The number of carbonyl (C=O) groups is 1. The van der Waals surface area contributed by atoms with Crippen molar-refractivity contribution in [1.29, 1.82) is 0 Å². The van der Waals surface area contributed by atoms with Crippen molar-refractivity contribution in [2.24, 2.45) is 0 Å². The summed E-state index contributed by atoms with van der Waals surface area (Å²) in [6, 6.07) is 15.6. The summed E-state index contributed by atoms with van der Waals surface area (Å²) in [6.45, 7) is 2.02. The predicted molar refractivity (Wildman–Crippen MR) is 129 cm³/mol. The largest absolute Gasteiger partial charge is 0.392 e. The Balaban J connectivity index is 1.52. The van der Waals surface area contributed by atoms with Crippen molar-refractivity contribution in [2.45, 2.75) is 13.0 Å². The van der Waals surface area contributed by atoms with Crippen LogP contribution in [0.5, 0.6) is 0 Å². The van der Waals surface area contributed by atoms with Gasteiger partial charge in [-0.05, 0) is 43.3 Å². The molecule has 0 aliphatic heterocycles. The van der Waals surface area contributed by atoms with Crippen molar-refractivity contribution in [3.8, 4) is 17.2 Å². The third kappa shape index (κ3) is 5.85. The minimum atomic E-state index is -0.521. The smallest absolute Gasteiger partial charge is 0.323 e. The summed E-state index contributed by atoms with van der Waals surface area (Å²) in [5, 5.41) is 18.6. The van der Waals surface area contributed by atoms with Crippen LogP contribution in [0.15, 0.2) is 73.2 Å². The van der Waals surface area contributed by atoms with E-state index in [2.05, 4.69) is 30.9 Å². The Morgan fingerprint density at radius 3 is 2.58 bits per heavy atom. The van der Waals surface area contributed by atoms with Gasteiger partial charge >= 0.3 is 6.03 Å². The van der Waals surface area contributed by atoms with Crippen LogP contribution in [-0.4, -0.2) is 43.3 Å². The van der Waals surface area contributed by atoms with Gasteiger partial charge < -0.3 is 21.1 Å². The highest BCUT2D eigenvalue weighted by Gasteiger charge is 2.12. The molecule has 9 nitrogen and oxygen atoms in total. The fourth-order valence-electron chi connectivity index (χ4n) is 3.11. The van der Waals surface area contributed by atoms with Gasteiger partial charge in [0.1, 0.15) is 11.6 Å². The third-order valence-electron chi connectivity index (χ3n) is 4.55. The highest BCUT2D eigenvalue weighted by molar-refractivity contribution is 6.30. The number of nitrogens with one attached hydrogen (secondary N) is 3. The maximum atomic E-state index is 12.4. The van der Waals surface area contributed by atoms with Crippen molar-refractivity contribution in [3.05, 3.63) is 78.2 Å². The zero-order chi connectivity index (χ0) is 23.2. The van der Waals surface area contributed by atoms with E-state index in [1.165, 1.54) is 0 Å². The molecule has 0 aliphatic carbocycles. The number of rotatable bonds is 7. The summed E-state index contributed by atoms with van der Waals surface area (Å²) in [7, 11) is 0. The summed E-state index contributed by atoms with van der Waals surface area (Å²) >= 11 is 5.97. The maximum absolute atomic E-state index is 12.4. The van der Waals surface area contributed by atoms with E-state index in [1.807, 2.05) is 22.8 Å². The summed E-state index contributed by atoms with van der Waals surface area (Å²) in [6.07, 6.45) is 4.58. The number of anilines is 3. The number of benzene rings is 2. The molecule has 10 heteroatoms. The van der Waals surface area contributed by atoms with Gasteiger partial charge in [0, 0.05) is 47.1 Å². The first kappa shape index (κ1) is 22.3. The highest BCUT2D eigenvalue weighted by Crippen LogP contribution is 2.24. The van der Waals surface area contributed by atoms with E-state index in [0.717, 1.165) is 5.56 Å². The molecular formula is C23H22ClN7O2. The number of urea groups is 1. The molecule has 2 aromatic carbocycles. The molecule has 0 aliphatic rings. The molecule has 0 fully saturated rings. The van der Waals surface area contributed by atoms with Gasteiger partial charge in [-0.2, -0.15) is 4.98 Å². The quantitative estimate of drug-likeness (QED) is 0.322. The second-order valence-corrected chi connectivity index (χ2v) is 7.70. The molecular weight excluding hydrogens is 442 g/mol. The number of aliphatic hydroxyl groups excluding tert-OH is 1. The van der Waals surface area contributed by atoms with Gasteiger partial charge in [-0.3, -0.25) is 4.57 Å². The SMILES string of the molecule is CC(O)CNc1nccc(-n2ccnc2-c2cccc(NC(=O)Nc3cccc(Cl)c3)c2)n1.